The number of rotatable bonds is 1. The van der Waals surface area contributed by atoms with Crippen molar-refractivity contribution in [1.29, 1.82) is 0 Å². The van der Waals surface area contributed by atoms with Gasteiger partial charge in [-0.05, 0) is 27.7 Å². The molecule has 0 aromatic rings. The van der Waals surface area contributed by atoms with E-state index in [0.29, 0.717) is 0 Å². The van der Waals surface area contributed by atoms with Crippen molar-refractivity contribution in [2.45, 2.75) is 33.3 Å². The zero-order valence-corrected chi connectivity index (χ0v) is 6.89. The van der Waals surface area contributed by atoms with Crippen LogP contribution in [0.2, 0.25) is 0 Å². The maximum atomic E-state index is 10.7. The van der Waals surface area contributed by atoms with Gasteiger partial charge in [-0.25, -0.2) is 4.79 Å². The molecule has 0 aliphatic carbocycles. The molecule has 0 aromatic heterocycles. The summed E-state index contributed by atoms with van der Waals surface area (Å²) in [5.41, 5.74) is -0.410. The molecule has 0 bridgehead atoms. The topological polar surface area (TPSA) is 38.3 Å². The summed E-state index contributed by atoms with van der Waals surface area (Å²) in [5.74, 6) is 0. The molecular weight excluding hydrogens is 130 g/mol. The molecule has 0 heterocycles. The Morgan fingerprint density at radius 1 is 1.50 bits per heavy atom. The van der Waals surface area contributed by atoms with Crippen LogP contribution in [-0.2, 0) is 4.74 Å². The lowest BCUT2D eigenvalue weighted by molar-refractivity contribution is 0.0544. The molecule has 1 N–H and O–H groups in total. The van der Waals surface area contributed by atoms with Crippen LogP contribution in [0.1, 0.15) is 27.7 Å². The zero-order chi connectivity index (χ0) is 8.20. The highest BCUT2D eigenvalue weighted by Crippen LogP contribution is 2.06. The molecular formula is C7H14NO2. The van der Waals surface area contributed by atoms with E-state index in [-0.39, 0.29) is 0 Å². The molecule has 3 nitrogen and oxygen atoms in total. The first-order valence-electron chi connectivity index (χ1n) is 3.23. The van der Waals surface area contributed by atoms with Crippen LogP contribution in [0.4, 0.5) is 4.79 Å². The van der Waals surface area contributed by atoms with Gasteiger partial charge in [-0.2, -0.15) is 0 Å². The van der Waals surface area contributed by atoms with E-state index in [1.165, 1.54) is 6.54 Å². The minimum absolute atomic E-state index is 0.407. The van der Waals surface area contributed by atoms with E-state index in [2.05, 4.69) is 5.32 Å². The van der Waals surface area contributed by atoms with Gasteiger partial charge in [-0.1, -0.05) is 0 Å². The predicted octanol–water partition coefficient (Wildman–Crippen LogP) is 1.69. The van der Waals surface area contributed by atoms with E-state index in [4.69, 9.17) is 4.74 Å². The molecule has 59 valence electrons. The second-order valence-corrected chi connectivity index (χ2v) is 2.93. The number of nitrogens with one attached hydrogen (secondary N) is 1. The van der Waals surface area contributed by atoms with Gasteiger partial charge in [0.2, 0.25) is 0 Å². The van der Waals surface area contributed by atoms with E-state index in [0.717, 1.165) is 0 Å². The quantitative estimate of drug-likeness (QED) is 0.608. The van der Waals surface area contributed by atoms with Crippen LogP contribution in [0, 0.1) is 6.54 Å². The van der Waals surface area contributed by atoms with E-state index >= 15 is 0 Å². The zero-order valence-electron chi connectivity index (χ0n) is 6.89. The number of hydrogen-bond acceptors (Lipinski definition) is 2. The van der Waals surface area contributed by atoms with Crippen molar-refractivity contribution >= 4 is 6.09 Å². The molecule has 0 atom stereocenters. The van der Waals surface area contributed by atoms with Crippen LogP contribution in [0.25, 0.3) is 0 Å². The Labute approximate surface area is 61.8 Å². The van der Waals surface area contributed by atoms with Crippen molar-refractivity contribution in [3.8, 4) is 0 Å². The number of alkyl carbamates (subject to hydrolysis) is 1. The van der Waals surface area contributed by atoms with Crippen molar-refractivity contribution in [2.75, 3.05) is 0 Å². The molecule has 1 amide bonds. The van der Waals surface area contributed by atoms with E-state index < -0.39 is 11.7 Å². The molecule has 3 heteroatoms. The predicted molar refractivity (Wildman–Crippen MR) is 39.3 cm³/mol. The largest absolute Gasteiger partial charge is 0.444 e. The van der Waals surface area contributed by atoms with E-state index in [1.807, 2.05) is 20.8 Å². The highest BCUT2D eigenvalue weighted by atomic mass is 16.6. The molecule has 1 radical (unpaired) electrons. The summed E-state index contributed by atoms with van der Waals surface area (Å²) in [6.07, 6.45) is -0.407. The second kappa shape index (κ2) is 3.44. The highest BCUT2D eigenvalue weighted by Gasteiger charge is 2.14. The van der Waals surface area contributed by atoms with Gasteiger partial charge < -0.3 is 10.1 Å². The van der Waals surface area contributed by atoms with Crippen LogP contribution < -0.4 is 5.32 Å². The van der Waals surface area contributed by atoms with E-state index in [1.54, 1.807) is 6.92 Å². The fourth-order valence-corrected chi connectivity index (χ4v) is 0.425. The maximum absolute atomic E-state index is 10.7. The van der Waals surface area contributed by atoms with Gasteiger partial charge >= 0.3 is 6.09 Å². The summed E-state index contributed by atoms with van der Waals surface area (Å²) in [6, 6.07) is 0. The normalized spacial score (nSPS) is 10.8. The fraction of sp³-hybridized carbons (Fsp3) is 0.714. The van der Waals surface area contributed by atoms with Gasteiger partial charge in [-0.15, -0.1) is 0 Å². The molecule has 0 fully saturated rings. The van der Waals surface area contributed by atoms with Crippen LogP contribution >= 0.6 is 0 Å². The first-order chi connectivity index (χ1) is 4.45. The number of carbonyl (C=O) groups excluding carboxylic acids is 1. The van der Waals surface area contributed by atoms with Gasteiger partial charge in [0, 0.05) is 6.54 Å². The van der Waals surface area contributed by atoms with Gasteiger partial charge in [-0.3, -0.25) is 0 Å². The molecule has 0 spiro atoms. The van der Waals surface area contributed by atoms with Crippen molar-refractivity contribution in [3.05, 3.63) is 6.54 Å². The number of carbonyl (C=O) groups is 1. The Kier molecular flexibility index (Phi) is 3.19. The Balaban J connectivity index is 3.58. The number of ether oxygens (including phenoxy) is 1. The van der Waals surface area contributed by atoms with Gasteiger partial charge in [0.25, 0.3) is 0 Å². The third-order valence-corrected chi connectivity index (χ3v) is 0.661. The Morgan fingerprint density at radius 2 is 2.00 bits per heavy atom. The first-order valence-corrected chi connectivity index (χ1v) is 3.23. The standard InChI is InChI=1S/C7H14NO2/c1-5-8-6(9)10-7(2,3)4/h5H,1-4H3,(H,8,9). The smallest absolute Gasteiger partial charge is 0.407 e. The number of amides is 1. The average molecular weight is 144 g/mol. The second-order valence-electron chi connectivity index (χ2n) is 2.93. The monoisotopic (exact) mass is 144 g/mol. The van der Waals surface area contributed by atoms with Crippen LogP contribution in [0.5, 0.6) is 0 Å². The fourth-order valence-electron chi connectivity index (χ4n) is 0.425. The van der Waals surface area contributed by atoms with Gasteiger partial charge in [0.05, 0.1) is 0 Å². The molecule has 0 unspecified atom stereocenters. The van der Waals surface area contributed by atoms with Crippen molar-refractivity contribution in [3.63, 3.8) is 0 Å². The molecule has 0 saturated carbocycles. The summed E-state index contributed by atoms with van der Waals surface area (Å²) in [7, 11) is 0. The lowest BCUT2D eigenvalue weighted by Gasteiger charge is -2.18. The summed E-state index contributed by atoms with van der Waals surface area (Å²) >= 11 is 0. The summed E-state index contributed by atoms with van der Waals surface area (Å²) in [4.78, 5) is 10.7. The van der Waals surface area contributed by atoms with Crippen molar-refractivity contribution in [2.24, 2.45) is 0 Å². The third kappa shape index (κ3) is 5.41. The van der Waals surface area contributed by atoms with Crippen LogP contribution in [0.3, 0.4) is 0 Å². The van der Waals surface area contributed by atoms with Crippen molar-refractivity contribution < 1.29 is 9.53 Å². The molecule has 0 rings (SSSR count). The lowest BCUT2D eigenvalue weighted by Crippen LogP contribution is -2.30. The summed E-state index contributed by atoms with van der Waals surface area (Å²) in [6.45, 7) is 8.73. The SMILES string of the molecule is C[CH]NC(=O)OC(C)(C)C. The minimum atomic E-state index is -0.410. The van der Waals surface area contributed by atoms with Crippen molar-refractivity contribution in [1.82, 2.24) is 5.32 Å². The maximum Gasteiger partial charge on any atom is 0.407 e. The molecule has 10 heavy (non-hydrogen) atoms. The van der Waals surface area contributed by atoms with Crippen LogP contribution in [0.15, 0.2) is 0 Å². The Hall–Kier alpha value is -0.730. The minimum Gasteiger partial charge on any atom is -0.444 e. The number of hydrogen-bond donors (Lipinski definition) is 1. The van der Waals surface area contributed by atoms with Crippen LogP contribution in [-0.4, -0.2) is 11.7 Å². The lowest BCUT2D eigenvalue weighted by atomic mass is 10.2. The molecule has 0 aliphatic rings. The Bertz CT molecular complexity index is 115. The average Bonchev–Trinajstić information content (AvgIpc) is 1.59. The summed E-state index contributed by atoms with van der Waals surface area (Å²) < 4.78 is 4.90. The Morgan fingerprint density at radius 3 is 2.30 bits per heavy atom. The summed E-state index contributed by atoms with van der Waals surface area (Å²) in [5, 5.41) is 2.42. The van der Waals surface area contributed by atoms with Gasteiger partial charge in [0.1, 0.15) is 5.60 Å². The molecule has 0 saturated heterocycles. The molecule has 0 aromatic carbocycles. The third-order valence-electron chi connectivity index (χ3n) is 0.661. The van der Waals surface area contributed by atoms with E-state index in [9.17, 15) is 4.79 Å². The highest BCUT2D eigenvalue weighted by molar-refractivity contribution is 5.68. The van der Waals surface area contributed by atoms with Gasteiger partial charge in [0.15, 0.2) is 0 Å². The molecule has 0 aliphatic heterocycles. The first kappa shape index (κ1) is 9.27.